The predicted octanol–water partition coefficient (Wildman–Crippen LogP) is 3.08. The average molecular weight is 446 g/mol. The van der Waals surface area contributed by atoms with Crippen molar-refractivity contribution in [3.63, 3.8) is 0 Å². The number of halogens is 1. The van der Waals surface area contributed by atoms with Crippen molar-refractivity contribution in [2.75, 3.05) is 42.9 Å². The highest BCUT2D eigenvalue weighted by Crippen LogP contribution is 2.29. The summed E-state index contributed by atoms with van der Waals surface area (Å²) >= 11 is 0. The number of hydrogen-bond donors (Lipinski definition) is 1. The minimum absolute atomic E-state index is 0.103. The lowest BCUT2D eigenvalue weighted by Crippen LogP contribution is -2.49. The molecule has 0 atom stereocenters. The number of amides is 1. The van der Waals surface area contributed by atoms with Crippen molar-refractivity contribution in [2.45, 2.75) is 6.42 Å². The largest absolute Gasteiger partial charge is 0.369 e. The lowest BCUT2D eigenvalue weighted by Gasteiger charge is -2.35. The van der Waals surface area contributed by atoms with E-state index in [1.54, 1.807) is 30.9 Å². The first-order chi connectivity index (χ1) is 16.2. The van der Waals surface area contributed by atoms with Crippen LogP contribution in [0, 0.1) is 5.82 Å². The molecule has 1 amide bonds. The minimum Gasteiger partial charge on any atom is -0.369 e. The molecule has 33 heavy (non-hydrogen) atoms. The Kier molecular flexibility index (Phi) is 5.84. The number of benzene rings is 1. The quantitative estimate of drug-likeness (QED) is 0.492. The number of piperazine rings is 1. The molecule has 1 saturated heterocycles. The van der Waals surface area contributed by atoms with Crippen LogP contribution in [0.1, 0.15) is 6.42 Å². The molecular weight excluding hydrogens is 421 g/mol. The van der Waals surface area contributed by atoms with E-state index in [-0.39, 0.29) is 11.7 Å². The molecule has 0 radical (unpaired) electrons. The summed E-state index contributed by atoms with van der Waals surface area (Å²) in [5.74, 6) is 1.43. The van der Waals surface area contributed by atoms with Gasteiger partial charge in [-0.2, -0.15) is 0 Å². The van der Waals surface area contributed by atoms with Crippen molar-refractivity contribution in [2.24, 2.45) is 0 Å². The van der Waals surface area contributed by atoms with E-state index in [1.165, 1.54) is 12.1 Å². The third kappa shape index (κ3) is 4.48. The van der Waals surface area contributed by atoms with Crippen molar-refractivity contribution in [1.82, 2.24) is 24.3 Å². The SMILES string of the molecule is O=C(CCNc1c(-c2cccc(F)c2)nc2cnccn12)N1CCN(c2ccccn2)CC1. The summed E-state index contributed by atoms with van der Waals surface area (Å²) < 4.78 is 15.7. The van der Waals surface area contributed by atoms with Gasteiger partial charge in [0.15, 0.2) is 5.65 Å². The zero-order chi connectivity index (χ0) is 22.6. The van der Waals surface area contributed by atoms with Crippen LogP contribution in [0.5, 0.6) is 0 Å². The van der Waals surface area contributed by atoms with Crippen molar-refractivity contribution >= 4 is 23.2 Å². The van der Waals surface area contributed by atoms with Gasteiger partial charge in [0.1, 0.15) is 23.1 Å². The number of pyridine rings is 1. The Labute approximate surface area is 190 Å². The first-order valence-corrected chi connectivity index (χ1v) is 10.9. The lowest BCUT2D eigenvalue weighted by atomic mass is 10.1. The molecule has 1 N–H and O–H groups in total. The maximum Gasteiger partial charge on any atom is 0.224 e. The number of hydrogen-bond acceptors (Lipinski definition) is 6. The highest BCUT2D eigenvalue weighted by molar-refractivity contribution is 5.79. The molecule has 1 aromatic carbocycles. The van der Waals surface area contributed by atoms with Gasteiger partial charge in [-0.15, -0.1) is 0 Å². The Morgan fingerprint density at radius 2 is 1.94 bits per heavy atom. The second-order valence-electron chi connectivity index (χ2n) is 7.86. The fourth-order valence-electron chi connectivity index (χ4n) is 4.08. The van der Waals surface area contributed by atoms with E-state index < -0.39 is 0 Å². The predicted molar refractivity (Wildman–Crippen MR) is 125 cm³/mol. The summed E-state index contributed by atoms with van der Waals surface area (Å²) in [6, 6.07) is 12.2. The molecule has 4 heterocycles. The average Bonchev–Trinajstić information content (AvgIpc) is 3.23. The smallest absolute Gasteiger partial charge is 0.224 e. The van der Waals surface area contributed by atoms with Gasteiger partial charge in [-0.05, 0) is 24.3 Å². The summed E-state index contributed by atoms with van der Waals surface area (Å²) in [5.41, 5.74) is 1.94. The van der Waals surface area contributed by atoms with Crippen molar-refractivity contribution in [3.05, 3.63) is 73.1 Å². The fourth-order valence-corrected chi connectivity index (χ4v) is 4.08. The first kappa shape index (κ1) is 20.9. The summed E-state index contributed by atoms with van der Waals surface area (Å²) in [7, 11) is 0. The molecule has 1 fully saturated rings. The number of imidazole rings is 1. The Morgan fingerprint density at radius 1 is 1.06 bits per heavy atom. The van der Waals surface area contributed by atoms with Gasteiger partial charge in [-0.25, -0.2) is 14.4 Å². The molecule has 1 aliphatic heterocycles. The Morgan fingerprint density at radius 3 is 2.73 bits per heavy atom. The van der Waals surface area contributed by atoms with E-state index in [4.69, 9.17) is 0 Å². The Balaban J connectivity index is 1.23. The van der Waals surface area contributed by atoms with Crippen LogP contribution >= 0.6 is 0 Å². The van der Waals surface area contributed by atoms with Gasteiger partial charge in [0.25, 0.3) is 0 Å². The monoisotopic (exact) mass is 445 g/mol. The standard InChI is InChI=1S/C24H24FN7O/c25-19-5-3-4-18(16-19)23-24(32-11-10-26-17-21(32)29-23)28-9-7-22(33)31-14-12-30(13-15-31)20-6-1-2-8-27-20/h1-6,8,10-11,16-17,28H,7,9,12-15H2. The number of carbonyl (C=O) groups excluding carboxylic acids is 1. The molecule has 0 saturated carbocycles. The van der Waals surface area contributed by atoms with Gasteiger partial charge in [0, 0.05) is 63.3 Å². The maximum atomic E-state index is 13.8. The van der Waals surface area contributed by atoms with Crippen molar-refractivity contribution < 1.29 is 9.18 Å². The lowest BCUT2D eigenvalue weighted by molar-refractivity contribution is -0.131. The Bertz CT molecular complexity index is 1250. The van der Waals surface area contributed by atoms with Crippen LogP contribution in [-0.2, 0) is 4.79 Å². The summed E-state index contributed by atoms with van der Waals surface area (Å²) in [5, 5.41) is 3.34. The van der Waals surface area contributed by atoms with Crippen LogP contribution in [-0.4, -0.2) is 62.9 Å². The van der Waals surface area contributed by atoms with Crippen LogP contribution in [0.3, 0.4) is 0 Å². The number of fused-ring (bicyclic) bond motifs is 1. The molecule has 1 aliphatic rings. The number of nitrogens with zero attached hydrogens (tertiary/aromatic N) is 6. The van der Waals surface area contributed by atoms with Crippen LogP contribution in [0.15, 0.2) is 67.3 Å². The second kappa shape index (κ2) is 9.23. The zero-order valence-corrected chi connectivity index (χ0v) is 18.1. The third-order valence-electron chi connectivity index (χ3n) is 5.77. The molecule has 8 nitrogen and oxygen atoms in total. The maximum absolute atomic E-state index is 13.8. The first-order valence-electron chi connectivity index (χ1n) is 10.9. The van der Waals surface area contributed by atoms with E-state index in [9.17, 15) is 9.18 Å². The molecule has 3 aromatic heterocycles. The molecule has 9 heteroatoms. The number of anilines is 2. The van der Waals surface area contributed by atoms with E-state index >= 15 is 0 Å². The van der Waals surface area contributed by atoms with Gasteiger partial charge in [0.05, 0.1) is 6.20 Å². The highest BCUT2D eigenvalue weighted by atomic mass is 19.1. The molecule has 5 rings (SSSR count). The minimum atomic E-state index is -0.325. The number of rotatable bonds is 6. The highest BCUT2D eigenvalue weighted by Gasteiger charge is 2.22. The van der Waals surface area contributed by atoms with Gasteiger partial charge in [0.2, 0.25) is 5.91 Å². The molecule has 0 unspecified atom stereocenters. The van der Waals surface area contributed by atoms with Crippen LogP contribution in [0.2, 0.25) is 0 Å². The molecule has 0 aliphatic carbocycles. The van der Waals surface area contributed by atoms with E-state index in [0.29, 0.717) is 48.8 Å². The Hall–Kier alpha value is -4.01. The number of nitrogens with one attached hydrogen (secondary N) is 1. The van der Waals surface area contributed by atoms with Gasteiger partial charge < -0.3 is 15.1 Å². The third-order valence-corrected chi connectivity index (χ3v) is 5.77. The molecule has 168 valence electrons. The molecule has 4 aromatic rings. The van der Waals surface area contributed by atoms with Gasteiger partial charge >= 0.3 is 0 Å². The fraction of sp³-hybridized carbons (Fsp3) is 0.250. The van der Waals surface area contributed by atoms with E-state index in [1.807, 2.05) is 33.6 Å². The van der Waals surface area contributed by atoms with E-state index in [0.717, 1.165) is 18.9 Å². The van der Waals surface area contributed by atoms with Gasteiger partial charge in [-0.1, -0.05) is 18.2 Å². The van der Waals surface area contributed by atoms with Crippen molar-refractivity contribution in [3.8, 4) is 11.3 Å². The zero-order valence-electron chi connectivity index (χ0n) is 18.1. The number of carbonyl (C=O) groups is 1. The second-order valence-corrected chi connectivity index (χ2v) is 7.86. The van der Waals surface area contributed by atoms with Crippen LogP contribution in [0.25, 0.3) is 16.9 Å². The van der Waals surface area contributed by atoms with E-state index in [2.05, 4.69) is 25.2 Å². The van der Waals surface area contributed by atoms with Gasteiger partial charge in [-0.3, -0.25) is 14.2 Å². The topological polar surface area (TPSA) is 78.7 Å². The summed E-state index contributed by atoms with van der Waals surface area (Å²) in [6.45, 7) is 3.31. The summed E-state index contributed by atoms with van der Waals surface area (Å²) in [4.78, 5) is 30.0. The summed E-state index contributed by atoms with van der Waals surface area (Å²) in [6.07, 6.45) is 7.26. The number of aromatic nitrogens is 4. The van der Waals surface area contributed by atoms with Crippen LogP contribution in [0.4, 0.5) is 16.0 Å². The normalized spacial score (nSPS) is 14.0. The van der Waals surface area contributed by atoms with Crippen molar-refractivity contribution in [1.29, 1.82) is 0 Å². The van der Waals surface area contributed by atoms with Crippen LogP contribution < -0.4 is 10.2 Å². The molecular formula is C24H24FN7O. The molecule has 0 spiro atoms. The molecule has 0 bridgehead atoms.